The van der Waals surface area contributed by atoms with Crippen molar-refractivity contribution in [2.24, 2.45) is 0 Å². The average Bonchev–Trinajstić information content (AvgIpc) is 2.48. The lowest BCUT2D eigenvalue weighted by molar-refractivity contribution is 0.243. The van der Waals surface area contributed by atoms with E-state index in [2.05, 4.69) is 10.6 Å². The van der Waals surface area contributed by atoms with Crippen molar-refractivity contribution in [2.75, 3.05) is 23.7 Å². The summed E-state index contributed by atoms with van der Waals surface area (Å²) in [5.41, 5.74) is 1.82. The third kappa shape index (κ3) is 5.00. The molecule has 0 radical (unpaired) electrons. The second-order valence-electron chi connectivity index (χ2n) is 5.14. The van der Waals surface area contributed by atoms with Crippen LogP contribution in [0.4, 0.5) is 11.4 Å². The van der Waals surface area contributed by atoms with Crippen molar-refractivity contribution in [1.82, 2.24) is 0 Å². The molecule has 0 aliphatic carbocycles. The first kappa shape index (κ1) is 16.8. The fraction of sp³-hybridized carbons (Fsp3) is 0.294. The van der Waals surface area contributed by atoms with Crippen molar-refractivity contribution in [1.29, 1.82) is 0 Å². The van der Waals surface area contributed by atoms with Crippen LogP contribution in [0.2, 0.25) is 10.0 Å². The van der Waals surface area contributed by atoms with E-state index in [1.54, 1.807) is 12.1 Å². The van der Waals surface area contributed by atoms with Gasteiger partial charge in [-0.2, -0.15) is 0 Å². The Hall–Kier alpha value is -1.58. The van der Waals surface area contributed by atoms with Gasteiger partial charge in [0, 0.05) is 18.1 Å². The highest BCUT2D eigenvalue weighted by Crippen LogP contribution is 2.26. The number of rotatable bonds is 7. The van der Waals surface area contributed by atoms with Crippen LogP contribution in [0.1, 0.15) is 13.8 Å². The molecule has 0 spiro atoms. The van der Waals surface area contributed by atoms with Crippen molar-refractivity contribution in [3.05, 3.63) is 52.5 Å². The molecule has 0 atom stereocenters. The predicted molar refractivity (Wildman–Crippen MR) is 95.6 cm³/mol. The van der Waals surface area contributed by atoms with Crippen molar-refractivity contribution in [3.63, 3.8) is 0 Å². The highest BCUT2D eigenvalue weighted by molar-refractivity contribution is 6.35. The molecule has 22 heavy (non-hydrogen) atoms. The highest BCUT2D eigenvalue weighted by Gasteiger charge is 2.04. The summed E-state index contributed by atoms with van der Waals surface area (Å²) >= 11 is 12.1. The second-order valence-corrected chi connectivity index (χ2v) is 5.98. The van der Waals surface area contributed by atoms with E-state index in [0.717, 1.165) is 30.2 Å². The summed E-state index contributed by atoms with van der Waals surface area (Å²) in [4.78, 5) is 0. The van der Waals surface area contributed by atoms with Gasteiger partial charge in [-0.25, -0.2) is 0 Å². The van der Waals surface area contributed by atoms with Crippen molar-refractivity contribution < 1.29 is 4.74 Å². The molecule has 0 unspecified atom stereocenters. The molecule has 2 aromatic rings. The van der Waals surface area contributed by atoms with Crippen LogP contribution in [0, 0.1) is 0 Å². The Balaban J connectivity index is 1.88. The molecule has 0 saturated heterocycles. The minimum atomic E-state index is 0.145. The molecule has 5 heteroatoms. The molecule has 118 valence electrons. The minimum Gasteiger partial charge on any atom is -0.489 e. The zero-order valence-electron chi connectivity index (χ0n) is 12.7. The van der Waals surface area contributed by atoms with Gasteiger partial charge in [0.25, 0.3) is 0 Å². The summed E-state index contributed by atoms with van der Waals surface area (Å²) in [5.74, 6) is 0.860. The largest absolute Gasteiger partial charge is 0.489 e. The standard InChI is InChI=1S/C17H20Cl2N2O/c1-12(2)22-17-6-4-3-5-15(17)20-9-10-21-16-11-13(18)7-8-14(16)19/h3-8,11-12,20-21H,9-10H2,1-2H3. The minimum absolute atomic E-state index is 0.145. The summed E-state index contributed by atoms with van der Waals surface area (Å²) in [7, 11) is 0. The van der Waals surface area contributed by atoms with Gasteiger partial charge in [0.2, 0.25) is 0 Å². The Kier molecular flexibility index (Phi) is 6.22. The molecule has 0 amide bonds. The van der Waals surface area contributed by atoms with Gasteiger partial charge in [0.05, 0.1) is 22.5 Å². The zero-order chi connectivity index (χ0) is 15.9. The lowest BCUT2D eigenvalue weighted by Crippen LogP contribution is -2.15. The number of para-hydroxylation sites is 2. The molecule has 3 nitrogen and oxygen atoms in total. The molecule has 2 N–H and O–H groups in total. The maximum atomic E-state index is 6.11. The molecular formula is C17H20Cl2N2O. The van der Waals surface area contributed by atoms with Gasteiger partial charge in [0.1, 0.15) is 5.75 Å². The number of hydrogen-bond acceptors (Lipinski definition) is 3. The Labute approximate surface area is 141 Å². The fourth-order valence-electron chi connectivity index (χ4n) is 2.00. The molecule has 0 aliphatic rings. The SMILES string of the molecule is CC(C)Oc1ccccc1NCCNc1cc(Cl)ccc1Cl. The van der Waals surface area contributed by atoms with Crippen LogP contribution in [0.25, 0.3) is 0 Å². The van der Waals surface area contributed by atoms with Crippen molar-refractivity contribution in [3.8, 4) is 5.75 Å². The Morgan fingerprint density at radius 1 is 0.955 bits per heavy atom. The highest BCUT2D eigenvalue weighted by atomic mass is 35.5. The normalized spacial score (nSPS) is 10.6. The van der Waals surface area contributed by atoms with Gasteiger partial charge in [-0.05, 0) is 44.2 Å². The van der Waals surface area contributed by atoms with Crippen LogP contribution in [0.15, 0.2) is 42.5 Å². The summed E-state index contributed by atoms with van der Waals surface area (Å²) in [6.07, 6.45) is 0.145. The number of benzene rings is 2. The Bertz CT molecular complexity index is 617. The average molecular weight is 339 g/mol. The molecule has 2 rings (SSSR count). The third-order valence-corrected chi connectivity index (χ3v) is 3.50. The lowest BCUT2D eigenvalue weighted by atomic mass is 10.3. The smallest absolute Gasteiger partial charge is 0.142 e. The van der Waals surface area contributed by atoms with Gasteiger partial charge in [-0.1, -0.05) is 35.3 Å². The number of ether oxygens (including phenoxy) is 1. The van der Waals surface area contributed by atoms with E-state index >= 15 is 0 Å². The van der Waals surface area contributed by atoms with Crippen LogP contribution in [0.3, 0.4) is 0 Å². The first-order valence-corrected chi connectivity index (χ1v) is 8.00. The van der Waals surface area contributed by atoms with E-state index < -0.39 is 0 Å². The van der Waals surface area contributed by atoms with Gasteiger partial charge in [-0.15, -0.1) is 0 Å². The van der Waals surface area contributed by atoms with E-state index in [1.165, 1.54) is 0 Å². The van der Waals surface area contributed by atoms with E-state index in [4.69, 9.17) is 27.9 Å². The number of anilines is 2. The second kappa shape index (κ2) is 8.16. The summed E-state index contributed by atoms with van der Waals surface area (Å²) in [6.45, 7) is 5.48. The quantitative estimate of drug-likeness (QED) is 0.671. The Morgan fingerprint density at radius 3 is 2.36 bits per heavy atom. The maximum absolute atomic E-state index is 6.11. The number of hydrogen-bond donors (Lipinski definition) is 2. The van der Waals surface area contributed by atoms with Crippen LogP contribution in [-0.2, 0) is 0 Å². The van der Waals surface area contributed by atoms with E-state index in [0.29, 0.717) is 10.0 Å². The van der Waals surface area contributed by atoms with Crippen LogP contribution in [0.5, 0.6) is 5.75 Å². The number of halogens is 2. The zero-order valence-corrected chi connectivity index (χ0v) is 14.2. The summed E-state index contributed by atoms with van der Waals surface area (Å²) < 4.78 is 5.77. The van der Waals surface area contributed by atoms with Gasteiger partial charge in [0.15, 0.2) is 0 Å². The topological polar surface area (TPSA) is 33.3 Å². The molecule has 0 bridgehead atoms. The first-order valence-electron chi connectivity index (χ1n) is 7.24. The molecule has 2 aromatic carbocycles. The molecule has 0 saturated carbocycles. The molecular weight excluding hydrogens is 319 g/mol. The predicted octanol–water partition coefficient (Wildman–Crippen LogP) is 5.30. The summed E-state index contributed by atoms with van der Waals surface area (Å²) in [5, 5.41) is 7.95. The van der Waals surface area contributed by atoms with Crippen LogP contribution in [-0.4, -0.2) is 19.2 Å². The van der Waals surface area contributed by atoms with Gasteiger partial charge < -0.3 is 15.4 Å². The molecule has 0 aliphatic heterocycles. The lowest BCUT2D eigenvalue weighted by Gasteiger charge is -2.16. The van der Waals surface area contributed by atoms with Crippen molar-refractivity contribution >= 4 is 34.6 Å². The third-order valence-electron chi connectivity index (χ3n) is 2.93. The molecule has 0 aromatic heterocycles. The summed E-state index contributed by atoms with van der Waals surface area (Å²) in [6, 6.07) is 13.3. The Morgan fingerprint density at radius 2 is 1.64 bits per heavy atom. The van der Waals surface area contributed by atoms with Crippen LogP contribution < -0.4 is 15.4 Å². The monoisotopic (exact) mass is 338 g/mol. The number of nitrogens with one attached hydrogen (secondary N) is 2. The van der Waals surface area contributed by atoms with Gasteiger partial charge >= 0.3 is 0 Å². The maximum Gasteiger partial charge on any atom is 0.142 e. The van der Waals surface area contributed by atoms with E-state index in [9.17, 15) is 0 Å². The van der Waals surface area contributed by atoms with Crippen LogP contribution >= 0.6 is 23.2 Å². The molecule has 0 fully saturated rings. The fourth-order valence-corrected chi connectivity index (χ4v) is 2.35. The molecule has 0 heterocycles. The van der Waals surface area contributed by atoms with E-state index in [1.807, 2.05) is 44.2 Å². The first-order chi connectivity index (χ1) is 10.6. The van der Waals surface area contributed by atoms with E-state index in [-0.39, 0.29) is 6.10 Å². The van der Waals surface area contributed by atoms with Crippen molar-refractivity contribution in [2.45, 2.75) is 20.0 Å². The van der Waals surface area contributed by atoms with Gasteiger partial charge in [-0.3, -0.25) is 0 Å².